The fraction of sp³-hybridized carbons (Fsp3) is 0.0800. The summed E-state index contributed by atoms with van der Waals surface area (Å²) in [5, 5.41) is 11.2. The molecule has 1 N–H and O–H groups in total. The number of rotatable bonds is 6. The molecule has 148 valence electrons. The molecular weight excluding hydrogens is 374 g/mol. The molecule has 4 aromatic rings. The Hall–Kier alpha value is -3.99. The normalized spacial score (nSPS) is 10.4. The maximum atomic E-state index is 12.7. The average molecular weight is 395 g/mol. The van der Waals surface area contributed by atoms with Gasteiger partial charge in [-0.25, -0.2) is 0 Å². The van der Waals surface area contributed by atoms with Gasteiger partial charge in [0.15, 0.2) is 0 Å². The van der Waals surface area contributed by atoms with Gasteiger partial charge in [-0.1, -0.05) is 54.6 Å². The van der Waals surface area contributed by atoms with Crippen molar-refractivity contribution in [2.45, 2.75) is 6.92 Å². The van der Waals surface area contributed by atoms with E-state index in [-0.39, 0.29) is 5.91 Å². The first-order chi connectivity index (χ1) is 14.7. The Kier molecular flexibility index (Phi) is 5.80. The summed E-state index contributed by atoms with van der Waals surface area (Å²) in [6.45, 7) is 2.44. The predicted octanol–water partition coefficient (Wildman–Crippen LogP) is 5.46. The molecule has 0 atom stereocenters. The lowest BCUT2D eigenvalue weighted by molar-refractivity contribution is 0.102. The Bertz CT molecular complexity index is 1130. The van der Waals surface area contributed by atoms with E-state index in [0.29, 0.717) is 29.4 Å². The van der Waals surface area contributed by atoms with Crippen LogP contribution in [0.2, 0.25) is 0 Å². The molecule has 0 bridgehead atoms. The predicted molar refractivity (Wildman–Crippen MR) is 118 cm³/mol. The molecule has 5 nitrogen and oxygen atoms in total. The van der Waals surface area contributed by atoms with Crippen LogP contribution in [0.4, 0.5) is 5.69 Å². The molecule has 0 fully saturated rings. The zero-order valence-corrected chi connectivity index (χ0v) is 16.6. The van der Waals surface area contributed by atoms with Crippen molar-refractivity contribution in [3.63, 3.8) is 0 Å². The third-order valence-electron chi connectivity index (χ3n) is 4.60. The van der Waals surface area contributed by atoms with Crippen LogP contribution in [0.3, 0.4) is 0 Å². The first kappa shape index (κ1) is 19.3. The molecule has 1 heterocycles. The molecule has 30 heavy (non-hydrogen) atoms. The van der Waals surface area contributed by atoms with E-state index in [0.717, 1.165) is 16.7 Å². The Balaban J connectivity index is 1.47. The van der Waals surface area contributed by atoms with Crippen molar-refractivity contribution in [1.82, 2.24) is 10.2 Å². The second-order valence-corrected chi connectivity index (χ2v) is 6.67. The highest BCUT2D eigenvalue weighted by molar-refractivity contribution is 6.04. The molecule has 3 aromatic carbocycles. The Morgan fingerprint density at radius 3 is 2.23 bits per heavy atom. The summed E-state index contributed by atoms with van der Waals surface area (Å²) in [5.41, 5.74) is 5.06. The Morgan fingerprint density at radius 1 is 0.800 bits per heavy atom. The number of carbonyl (C=O) groups is 1. The number of hydrogen-bond donors (Lipinski definition) is 1. The molecule has 0 aliphatic rings. The summed E-state index contributed by atoms with van der Waals surface area (Å²) in [5.74, 6) is 0.328. The lowest BCUT2D eigenvalue weighted by atomic mass is 10.0. The number of ether oxygens (including phenoxy) is 1. The summed E-state index contributed by atoms with van der Waals surface area (Å²) in [7, 11) is 0. The number of nitrogens with one attached hydrogen (secondary N) is 1. The minimum absolute atomic E-state index is 0.162. The van der Waals surface area contributed by atoms with Gasteiger partial charge >= 0.3 is 0 Å². The summed E-state index contributed by atoms with van der Waals surface area (Å²) in [4.78, 5) is 12.7. The second-order valence-electron chi connectivity index (χ2n) is 6.67. The molecular formula is C25H21N3O2. The van der Waals surface area contributed by atoms with Gasteiger partial charge in [-0.05, 0) is 48.4 Å². The van der Waals surface area contributed by atoms with Crippen LogP contribution >= 0.6 is 0 Å². The average Bonchev–Trinajstić information content (AvgIpc) is 2.81. The molecule has 0 radical (unpaired) electrons. The first-order valence-electron chi connectivity index (χ1n) is 9.77. The van der Waals surface area contributed by atoms with Crippen LogP contribution in [0.5, 0.6) is 5.88 Å². The zero-order chi connectivity index (χ0) is 20.8. The smallest absolute Gasteiger partial charge is 0.255 e. The minimum atomic E-state index is -0.162. The van der Waals surface area contributed by atoms with Crippen molar-refractivity contribution in [2.75, 3.05) is 11.9 Å². The number of benzene rings is 3. The van der Waals surface area contributed by atoms with E-state index in [1.165, 1.54) is 0 Å². The van der Waals surface area contributed by atoms with Crippen LogP contribution in [0, 0.1) is 0 Å². The highest BCUT2D eigenvalue weighted by Crippen LogP contribution is 2.23. The summed E-state index contributed by atoms with van der Waals surface area (Å²) in [6, 6.07) is 28.8. The SMILES string of the molecule is CCOc1ccc(-c2cccc(NC(=O)c3ccc(-c4ccccc4)cc3)c2)nn1. The van der Waals surface area contributed by atoms with Crippen molar-refractivity contribution in [3.8, 4) is 28.3 Å². The van der Waals surface area contributed by atoms with Gasteiger partial charge in [0.1, 0.15) is 0 Å². The molecule has 4 rings (SSSR count). The maximum absolute atomic E-state index is 12.7. The third-order valence-corrected chi connectivity index (χ3v) is 4.60. The van der Waals surface area contributed by atoms with Gasteiger partial charge in [-0.15, -0.1) is 10.2 Å². The van der Waals surface area contributed by atoms with E-state index >= 15 is 0 Å². The maximum Gasteiger partial charge on any atom is 0.255 e. The van der Waals surface area contributed by atoms with Crippen molar-refractivity contribution >= 4 is 11.6 Å². The number of carbonyl (C=O) groups excluding carboxylic acids is 1. The van der Waals surface area contributed by atoms with Crippen LogP contribution in [-0.2, 0) is 0 Å². The Labute approximate surface area is 175 Å². The van der Waals surface area contributed by atoms with E-state index in [2.05, 4.69) is 15.5 Å². The molecule has 1 amide bonds. The van der Waals surface area contributed by atoms with E-state index < -0.39 is 0 Å². The number of anilines is 1. The fourth-order valence-corrected chi connectivity index (χ4v) is 3.10. The highest BCUT2D eigenvalue weighted by Gasteiger charge is 2.08. The highest BCUT2D eigenvalue weighted by atomic mass is 16.5. The lowest BCUT2D eigenvalue weighted by Crippen LogP contribution is -2.11. The molecule has 0 spiro atoms. The van der Waals surface area contributed by atoms with Gasteiger partial charge in [0.2, 0.25) is 5.88 Å². The molecule has 0 unspecified atom stereocenters. The van der Waals surface area contributed by atoms with Crippen molar-refractivity contribution in [3.05, 3.63) is 96.6 Å². The van der Waals surface area contributed by atoms with Gasteiger partial charge in [-0.3, -0.25) is 4.79 Å². The van der Waals surface area contributed by atoms with Gasteiger partial charge in [0, 0.05) is 22.9 Å². The van der Waals surface area contributed by atoms with Gasteiger partial charge in [0.25, 0.3) is 5.91 Å². The molecule has 0 saturated carbocycles. The van der Waals surface area contributed by atoms with Gasteiger partial charge in [-0.2, -0.15) is 0 Å². The summed E-state index contributed by atoms with van der Waals surface area (Å²) in [6.07, 6.45) is 0. The van der Waals surface area contributed by atoms with Crippen molar-refractivity contribution in [2.24, 2.45) is 0 Å². The monoisotopic (exact) mass is 395 g/mol. The zero-order valence-electron chi connectivity index (χ0n) is 16.6. The minimum Gasteiger partial charge on any atom is -0.477 e. The molecule has 0 aliphatic carbocycles. The van der Waals surface area contributed by atoms with Gasteiger partial charge < -0.3 is 10.1 Å². The Morgan fingerprint density at radius 2 is 1.53 bits per heavy atom. The molecule has 0 aliphatic heterocycles. The van der Waals surface area contributed by atoms with Crippen LogP contribution in [0.15, 0.2) is 91.0 Å². The van der Waals surface area contributed by atoms with E-state index in [9.17, 15) is 4.79 Å². The van der Waals surface area contributed by atoms with Crippen LogP contribution in [0.25, 0.3) is 22.4 Å². The third kappa shape index (κ3) is 4.52. The van der Waals surface area contributed by atoms with Gasteiger partial charge in [0.05, 0.1) is 12.3 Å². The number of hydrogen-bond acceptors (Lipinski definition) is 4. The van der Waals surface area contributed by atoms with Crippen molar-refractivity contribution in [1.29, 1.82) is 0 Å². The molecule has 5 heteroatoms. The van der Waals surface area contributed by atoms with Crippen LogP contribution in [-0.4, -0.2) is 22.7 Å². The first-order valence-corrected chi connectivity index (χ1v) is 9.77. The molecule has 1 aromatic heterocycles. The standard InChI is InChI=1S/C25H21N3O2/c1-2-30-24-16-15-23(27-28-24)21-9-6-10-22(17-21)26-25(29)20-13-11-19(12-14-20)18-7-4-3-5-8-18/h3-17H,2H2,1H3,(H,26,29). The van der Waals surface area contributed by atoms with Crippen LogP contribution in [0.1, 0.15) is 17.3 Å². The number of nitrogens with zero attached hydrogens (tertiary/aromatic N) is 2. The summed E-state index contributed by atoms with van der Waals surface area (Å²) >= 11 is 0. The van der Waals surface area contributed by atoms with E-state index in [1.54, 1.807) is 6.07 Å². The van der Waals surface area contributed by atoms with E-state index in [1.807, 2.05) is 91.9 Å². The summed E-state index contributed by atoms with van der Waals surface area (Å²) < 4.78 is 5.33. The quantitative estimate of drug-likeness (QED) is 0.471. The van der Waals surface area contributed by atoms with E-state index in [4.69, 9.17) is 4.74 Å². The topological polar surface area (TPSA) is 64.1 Å². The molecule has 0 saturated heterocycles. The lowest BCUT2D eigenvalue weighted by Gasteiger charge is -2.08. The van der Waals surface area contributed by atoms with Crippen LogP contribution < -0.4 is 10.1 Å². The fourth-order valence-electron chi connectivity index (χ4n) is 3.10. The number of aromatic nitrogens is 2. The largest absolute Gasteiger partial charge is 0.477 e. The second kappa shape index (κ2) is 9.01. The number of amides is 1. The van der Waals surface area contributed by atoms with Crippen molar-refractivity contribution < 1.29 is 9.53 Å².